The maximum atomic E-state index is 12.4. The zero-order valence-electron chi connectivity index (χ0n) is 11.1. The monoisotopic (exact) mass is 247 g/mol. The number of aromatic hydroxyl groups is 1. The van der Waals surface area contributed by atoms with Gasteiger partial charge in [0.2, 0.25) is 0 Å². The Morgan fingerprint density at radius 1 is 1.44 bits per heavy atom. The molecule has 18 heavy (non-hydrogen) atoms. The van der Waals surface area contributed by atoms with Crippen molar-refractivity contribution in [2.24, 2.45) is 5.92 Å². The van der Waals surface area contributed by atoms with Crippen molar-refractivity contribution in [2.75, 3.05) is 13.1 Å². The van der Waals surface area contributed by atoms with E-state index in [-0.39, 0.29) is 11.7 Å². The van der Waals surface area contributed by atoms with Gasteiger partial charge < -0.3 is 10.0 Å². The van der Waals surface area contributed by atoms with Crippen LogP contribution >= 0.6 is 0 Å². The van der Waals surface area contributed by atoms with E-state index in [1.807, 2.05) is 18.7 Å². The first-order chi connectivity index (χ1) is 8.61. The fourth-order valence-corrected chi connectivity index (χ4v) is 2.31. The fraction of sp³-hybridized carbons (Fsp3) is 0.533. The highest BCUT2D eigenvalue weighted by Crippen LogP contribution is 2.27. The van der Waals surface area contributed by atoms with Crippen molar-refractivity contribution < 1.29 is 9.90 Å². The minimum atomic E-state index is 0.0764. The summed E-state index contributed by atoms with van der Waals surface area (Å²) in [4.78, 5) is 14.3. The lowest BCUT2D eigenvalue weighted by molar-refractivity contribution is 0.0706. The predicted octanol–water partition coefficient (Wildman–Crippen LogP) is 2.96. The van der Waals surface area contributed by atoms with Crippen molar-refractivity contribution in [2.45, 2.75) is 33.1 Å². The summed E-state index contributed by atoms with van der Waals surface area (Å²) in [5, 5.41) is 9.49. The molecule has 0 radical (unpaired) electrons. The van der Waals surface area contributed by atoms with Gasteiger partial charge in [0.25, 0.3) is 5.91 Å². The first-order valence-electron chi connectivity index (χ1n) is 6.70. The third-order valence-corrected chi connectivity index (χ3v) is 3.82. The van der Waals surface area contributed by atoms with Crippen LogP contribution in [0.4, 0.5) is 0 Å². The standard InChI is InChI=1S/C15H21NO2/c1-3-16(10-12-5-4-6-12)15(18)13-7-8-14(17)11(2)9-13/h7-9,12,17H,3-6,10H2,1-2H3. The molecule has 0 heterocycles. The van der Waals surface area contributed by atoms with E-state index in [2.05, 4.69) is 0 Å². The van der Waals surface area contributed by atoms with Gasteiger partial charge in [-0.25, -0.2) is 0 Å². The van der Waals surface area contributed by atoms with Crippen molar-refractivity contribution in [1.29, 1.82) is 0 Å². The maximum absolute atomic E-state index is 12.4. The van der Waals surface area contributed by atoms with Crippen molar-refractivity contribution in [1.82, 2.24) is 4.90 Å². The topological polar surface area (TPSA) is 40.5 Å². The number of nitrogens with zero attached hydrogens (tertiary/aromatic N) is 1. The zero-order valence-corrected chi connectivity index (χ0v) is 11.1. The number of phenolic OH excluding ortho intramolecular Hbond substituents is 1. The molecule has 1 aromatic rings. The van der Waals surface area contributed by atoms with Crippen molar-refractivity contribution in [3.05, 3.63) is 29.3 Å². The molecule has 0 atom stereocenters. The summed E-state index contributed by atoms with van der Waals surface area (Å²) in [6.07, 6.45) is 3.80. The van der Waals surface area contributed by atoms with Crippen molar-refractivity contribution in [3.63, 3.8) is 0 Å². The van der Waals surface area contributed by atoms with E-state index >= 15 is 0 Å². The average Bonchev–Trinajstić information content (AvgIpc) is 2.31. The Hall–Kier alpha value is -1.51. The number of amides is 1. The third kappa shape index (κ3) is 2.66. The van der Waals surface area contributed by atoms with Gasteiger partial charge in [-0.05, 0) is 56.4 Å². The van der Waals surface area contributed by atoms with Gasteiger partial charge in [0.05, 0.1) is 0 Å². The first-order valence-corrected chi connectivity index (χ1v) is 6.70. The highest BCUT2D eigenvalue weighted by molar-refractivity contribution is 5.94. The zero-order chi connectivity index (χ0) is 13.1. The second kappa shape index (κ2) is 5.42. The molecule has 1 aromatic carbocycles. The van der Waals surface area contributed by atoms with Crippen LogP contribution < -0.4 is 0 Å². The van der Waals surface area contributed by atoms with Gasteiger partial charge >= 0.3 is 0 Å². The minimum absolute atomic E-state index is 0.0764. The maximum Gasteiger partial charge on any atom is 0.253 e. The Morgan fingerprint density at radius 3 is 2.67 bits per heavy atom. The van der Waals surface area contributed by atoms with Crippen LogP contribution in [0.5, 0.6) is 5.75 Å². The van der Waals surface area contributed by atoms with Crippen LogP contribution in [0.3, 0.4) is 0 Å². The second-order valence-electron chi connectivity index (χ2n) is 5.14. The smallest absolute Gasteiger partial charge is 0.253 e. The number of hydrogen-bond acceptors (Lipinski definition) is 2. The van der Waals surface area contributed by atoms with E-state index in [4.69, 9.17) is 0 Å². The molecule has 0 unspecified atom stereocenters. The number of phenols is 1. The lowest BCUT2D eigenvalue weighted by atomic mass is 9.85. The molecular formula is C15H21NO2. The molecule has 1 fully saturated rings. The molecule has 0 saturated heterocycles. The minimum Gasteiger partial charge on any atom is -0.508 e. The number of benzene rings is 1. The van der Waals surface area contributed by atoms with E-state index in [9.17, 15) is 9.90 Å². The Morgan fingerprint density at radius 2 is 2.17 bits per heavy atom. The molecule has 98 valence electrons. The Labute approximate surface area is 108 Å². The molecule has 1 N–H and O–H groups in total. The number of aryl methyl sites for hydroxylation is 1. The first kappa shape index (κ1) is 12.9. The molecule has 1 aliphatic rings. The van der Waals surface area contributed by atoms with E-state index < -0.39 is 0 Å². The fourth-order valence-electron chi connectivity index (χ4n) is 2.31. The van der Waals surface area contributed by atoms with Crippen LogP contribution in [0.25, 0.3) is 0 Å². The number of rotatable bonds is 4. The van der Waals surface area contributed by atoms with Gasteiger partial charge in [-0.2, -0.15) is 0 Å². The largest absolute Gasteiger partial charge is 0.508 e. The molecular weight excluding hydrogens is 226 g/mol. The van der Waals surface area contributed by atoms with Gasteiger partial charge in [-0.3, -0.25) is 4.79 Å². The number of hydrogen-bond donors (Lipinski definition) is 1. The normalized spacial score (nSPS) is 15.2. The summed E-state index contributed by atoms with van der Waals surface area (Å²) < 4.78 is 0. The van der Waals surface area contributed by atoms with Gasteiger partial charge in [0.1, 0.15) is 5.75 Å². The lowest BCUT2D eigenvalue weighted by Crippen LogP contribution is -2.37. The molecule has 0 aliphatic heterocycles. The second-order valence-corrected chi connectivity index (χ2v) is 5.14. The van der Waals surface area contributed by atoms with Crippen LogP contribution in [-0.2, 0) is 0 Å². The van der Waals surface area contributed by atoms with Crippen LogP contribution in [0.15, 0.2) is 18.2 Å². The van der Waals surface area contributed by atoms with Crippen LogP contribution in [0.1, 0.15) is 42.1 Å². The van der Waals surface area contributed by atoms with Gasteiger partial charge in [-0.15, -0.1) is 0 Å². The molecule has 0 bridgehead atoms. The van der Waals surface area contributed by atoms with Crippen molar-refractivity contribution >= 4 is 5.91 Å². The molecule has 3 nitrogen and oxygen atoms in total. The van der Waals surface area contributed by atoms with Crippen molar-refractivity contribution in [3.8, 4) is 5.75 Å². The highest BCUT2D eigenvalue weighted by Gasteiger charge is 2.23. The molecule has 1 aliphatic carbocycles. The molecule has 0 aromatic heterocycles. The van der Waals surface area contributed by atoms with Gasteiger partial charge in [0.15, 0.2) is 0 Å². The number of carbonyl (C=O) groups excluding carboxylic acids is 1. The summed E-state index contributed by atoms with van der Waals surface area (Å²) in [5.74, 6) is 1.01. The van der Waals surface area contributed by atoms with E-state index in [1.54, 1.807) is 18.2 Å². The van der Waals surface area contributed by atoms with E-state index in [0.29, 0.717) is 11.5 Å². The SMILES string of the molecule is CCN(CC1CCC1)C(=O)c1ccc(O)c(C)c1. The van der Waals surface area contributed by atoms with E-state index in [0.717, 1.165) is 18.7 Å². The molecule has 1 amide bonds. The Kier molecular flexibility index (Phi) is 3.90. The van der Waals surface area contributed by atoms with Gasteiger partial charge in [0, 0.05) is 18.7 Å². The summed E-state index contributed by atoms with van der Waals surface area (Å²) in [6, 6.07) is 5.06. The molecule has 0 spiro atoms. The highest BCUT2D eigenvalue weighted by atomic mass is 16.3. The summed E-state index contributed by atoms with van der Waals surface area (Å²) in [6.45, 7) is 5.45. The summed E-state index contributed by atoms with van der Waals surface area (Å²) >= 11 is 0. The molecule has 3 heteroatoms. The van der Waals surface area contributed by atoms with E-state index in [1.165, 1.54) is 19.3 Å². The summed E-state index contributed by atoms with van der Waals surface area (Å²) in [5.41, 5.74) is 1.42. The third-order valence-electron chi connectivity index (χ3n) is 3.82. The number of carbonyl (C=O) groups is 1. The van der Waals surface area contributed by atoms with Crippen LogP contribution in [-0.4, -0.2) is 29.0 Å². The molecule has 1 saturated carbocycles. The Bertz CT molecular complexity index is 438. The quantitative estimate of drug-likeness (QED) is 0.888. The van der Waals surface area contributed by atoms with Gasteiger partial charge in [-0.1, -0.05) is 6.42 Å². The molecule has 2 rings (SSSR count). The summed E-state index contributed by atoms with van der Waals surface area (Å²) in [7, 11) is 0. The Balaban J connectivity index is 2.09. The average molecular weight is 247 g/mol. The van der Waals surface area contributed by atoms with Crippen LogP contribution in [0, 0.1) is 12.8 Å². The predicted molar refractivity (Wildman–Crippen MR) is 71.8 cm³/mol. The lowest BCUT2D eigenvalue weighted by Gasteiger charge is -2.31. The van der Waals surface area contributed by atoms with Crippen LogP contribution in [0.2, 0.25) is 0 Å².